The van der Waals surface area contributed by atoms with Crippen molar-refractivity contribution in [3.05, 3.63) is 34.3 Å². The molecule has 0 aliphatic carbocycles. The number of hydrogen-bond acceptors (Lipinski definition) is 3. The smallest absolute Gasteiger partial charge is 0.248 e. The van der Waals surface area contributed by atoms with Crippen LogP contribution in [0.2, 0.25) is 5.02 Å². The maximum atomic E-state index is 10.8. The van der Waals surface area contributed by atoms with Crippen LogP contribution in [0.4, 0.5) is 0 Å². The van der Waals surface area contributed by atoms with E-state index in [2.05, 4.69) is 10.9 Å². The molecule has 0 aliphatic rings. The molecule has 4 nitrogen and oxygen atoms in total. The van der Waals surface area contributed by atoms with Crippen molar-refractivity contribution in [2.24, 2.45) is 5.73 Å². The highest BCUT2D eigenvalue weighted by Gasteiger charge is 2.04. The Hall–Kier alpha value is -1.10. The molecule has 0 fully saturated rings. The number of carbonyl (C=O) groups excluding carboxylic acids is 1. The molecule has 1 rings (SSSR count). The highest BCUT2D eigenvalue weighted by atomic mass is 35.5. The van der Waals surface area contributed by atoms with Crippen LogP contribution in [-0.4, -0.2) is 13.0 Å². The Bertz CT molecular complexity index is 341. The number of benzene rings is 1. The number of hydrazine groups is 1. The zero-order valence-electron chi connectivity index (χ0n) is 7.80. The van der Waals surface area contributed by atoms with Crippen LogP contribution in [0.15, 0.2) is 18.2 Å². The highest BCUT2D eigenvalue weighted by Crippen LogP contribution is 2.17. The standard InChI is InChI=1S/C9H12ClN3O/c1-12-13-5-7-3-2-6(9(11)14)4-8(7)10/h2-4,12-13H,5H2,1H3,(H2,11,14). The first kappa shape index (κ1) is 11.0. The second-order valence-corrected chi connectivity index (χ2v) is 3.18. The summed E-state index contributed by atoms with van der Waals surface area (Å²) in [6.45, 7) is 0.592. The first-order chi connectivity index (χ1) is 6.65. The molecule has 76 valence electrons. The van der Waals surface area contributed by atoms with Gasteiger partial charge < -0.3 is 5.73 Å². The van der Waals surface area contributed by atoms with Crippen molar-refractivity contribution >= 4 is 17.5 Å². The number of primary amides is 1. The molecular weight excluding hydrogens is 202 g/mol. The van der Waals surface area contributed by atoms with Gasteiger partial charge in [0.1, 0.15) is 0 Å². The number of rotatable bonds is 4. The minimum Gasteiger partial charge on any atom is -0.366 e. The molecule has 1 aromatic rings. The first-order valence-electron chi connectivity index (χ1n) is 4.13. The van der Waals surface area contributed by atoms with E-state index in [4.69, 9.17) is 17.3 Å². The fourth-order valence-corrected chi connectivity index (χ4v) is 1.27. The Morgan fingerprint density at radius 3 is 2.79 bits per heavy atom. The van der Waals surface area contributed by atoms with Gasteiger partial charge in [-0.25, -0.2) is 0 Å². The summed E-state index contributed by atoms with van der Waals surface area (Å²) in [5.41, 5.74) is 12.1. The van der Waals surface area contributed by atoms with E-state index >= 15 is 0 Å². The van der Waals surface area contributed by atoms with Gasteiger partial charge in [-0.15, -0.1) is 0 Å². The van der Waals surface area contributed by atoms with Crippen molar-refractivity contribution in [2.45, 2.75) is 6.54 Å². The third-order valence-electron chi connectivity index (χ3n) is 1.79. The molecule has 14 heavy (non-hydrogen) atoms. The summed E-state index contributed by atoms with van der Waals surface area (Å²) in [5.74, 6) is -0.472. The van der Waals surface area contributed by atoms with E-state index in [0.29, 0.717) is 17.1 Å². The van der Waals surface area contributed by atoms with Crippen LogP contribution in [0.25, 0.3) is 0 Å². The summed E-state index contributed by atoms with van der Waals surface area (Å²) in [6.07, 6.45) is 0. The van der Waals surface area contributed by atoms with Crippen LogP contribution in [0, 0.1) is 0 Å². The number of carbonyl (C=O) groups is 1. The predicted octanol–water partition coefficient (Wildman–Crippen LogP) is 0.663. The van der Waals surface area contributed by atoms with Crippen LogP contribution in [0.3, 0.4) is 0 Å². The maximum Gasteiger partial charge on any atom is 0.248 e. The lowest BCUT2D eigenvalue weighted by atomic mass is 10.1. The molecule has 0 saturated heterocycles. The lowest BCUT2D eigenvalue weighted by Gasteiger charge is -2.06. The Morgan fingerprint density at radius 2 is 2.29 bits per heavy atom. The summed E-state index contributed by atoms with van der Waals surface area (Å²) in [4.78, 5) is 10.8. The molecule has 0 aliphatic heterocycles. The third-order valence-corrected chi connectivity index (χ3v) is 2.15. The summed E-state index contributed by atoms with van der Waals surface area (Å²) in [6, 6.07) is 4.99. The van der Waals surface area contributed by atoms with E-state index in [1.807, 2.05) is 0 Å². The van der Waals surface area contributed by atoms with Gasteiger partial charge in [0.25, 0.3) is 0 Å². The lowest BCUT2D eigenvalue weighted by molar-refractivity contribution is 0.100. The van der Waals surface area contributed by atoms with Crippen LogP contribution in [0.5, 0.6) is 0 Å². The molecule has 5 heteroatoms. The van der Waals surface area contributed by atoms with Crippen molar-refractivity contribution in [3.8, 4) is 0 Å². The van der Waals surface area contributed by atoms with Crippen LogP contribution in [-0.2, 0) is 6.54 Å². The van der Waals surface area contributed by atoms with E-state index in [1.54, 1.807) is 25.2 Å². The molecule has 1 aromatic carbocycles. The van der Waals surface area contributed by atoms with Crippen molar-refractivity contribution in [1.29, 1.82) is 0 Å². The van der Waals surface area contributed by atoms with Gasteiger partial charge in [-0.05, 0) is 24.7 Å². The summed E-state index contributed by atoms with van der Waals surface area (Å²) in [7, 11) is 1.77. The molecule has 4 N–H and O–H groups in total. The van der Waals surface area contributed by atoms with Gasteiger partial charge in [0.15, 0.2) is 0 Å². The van der Waals surface area contributed by atoms with Gasteiger partial charge in [-0.2, -0.15) is 0 Å². The Morgan fingerprint density at radius 1 is 1.57 bits per heavy atom. The normalized spacial score (nSPS) is 10.1. The molecular formula is C9H12ClN3O. The molecule has 0 aromatic heterocycles. The molecule has 0 saturated carbocycles. The lowest BCUT2D eigenvalue weighted by Crippen LogP contribution is -2.26. The van der Waals surface area contributed by atoms with Crippen LogP contribution >= 0.6 is 11.6 Å². The third kappa shape index (κ3) is 2.70. The predicted molar refractivity (Wildman–Crippen MR) is 55.9 cm³/mol. The van der Waals surface area contributed by atoms with Gasteiger partial charge in [0.05, 0.1) is 0 Å². The van der Waals surface area contributed by atoms with E-state index in [1.165, 1.54) is 0 Å². The average molecular weight is 214 g/mol. The number of nitrogens with one attached hydrogen (secondary N) is 2. The van der Waals surface area contributed by atoms with Crippen LogP contribution in [0.1, 0.15) is 15.9 Å². The number of nitrogens with two attached hydrogens (primary N) is 1. The minimum absolute atomic E-state index is 0.420. The monoisotopic (exact) mass is 213 g/mol. The molecule has 1 amide bonds. The number of hydrogen-bond donors (Lipinski definition) is 3. The molecule has 0 spiro atoms. The van der Waals surface area contributed by atoms with Crippen molar-refractivity contribution in [2.75, 3.05) is 7.05 Å². The molecule has 0 bridgehead atoms. The Kier molecular flexibility index (Phi) is 3.88. The largest absolute Gasteiger partial charge is 0.366 e. The molecule has 0 atom stereocenters. The topological polar surface area (TPSA) is 67.2 Å². The average Bonchev–Trinajstić information content (AvgIpc) is 2.15. The molecule has 0 unspecified atom stereocenters. The second-order valence-electron chi connectivity index (χ2n) is 2.77. The summed E-state index contributed by atoms with van der Waals surface area (Å²) < 4.78 is 0. The van der Waals surface area contributed by atoms with Crippen molar-refractivity contribution in [1.82, 2.24) is 10.9 Å². The zero-order chi connectivity index (χ0) is 10.6. The van der Waals surface area contributed by atoms with E-state index < -0.39 is 5.91 Å². The van der Waals surface area contributed by atoms with Crippen molar-refractivity contribution in [3.63, 3.8) is 0 Å². The van der Waals surface area contributed by atoms with Gasteiger partial charge in [-0.3, -0.25) is 15.6 Å². The number of halogens is 1. The maximum absolute atomic E-state index is 10.8. The van der Waals surface area contributed by atoms with Gasteiger partial charge in [0, 0.05) is 17.1 Å². The van der Waals surface area contributed by atoms with Crippen molar-refractivity contribution < 1.29 is 4.79 Å². The van der Waals surface area contributed by atoms with Crippen LogP contribution < -0.4 is 16.6 Å². The van der Waals surface area contributed by atoms with E-state index in [9.17, 15) is 4.79 Å². The summed E-state index contributed by atoms with van der Waals surface area (Å²) in [5, 5.41) is 0.532. The Labute approximate surface area is 87.4 Å². The van der Waals surface area contributed by atoms with E-state index in [-0.39, 0.29) is 0 Å². The van der Waals surface area contributed by atoms with Gasteiger partial charge >= 0.3 is 0 Å². The molecule has 0 radical (unpaired) electrons. The first-order valence-corrected chi connectivity index (χ1v) is 4.50. The van der Waals surface area contributed by atoms with E-state index in [0.717, 1.165) is 5.56 Å². The van der Waals surface area contributed by atoms with Gasteiger partial charge in [0.2, 0.25) is 5.91 Å². The molecule has 0 heterocycles. The highest BCUT2D eigenvalue weighted by molar-refractivity contribution is 6.31. The fourth-order valence-electron chi connectivity index (χ4n) is 1.03. The SMILES string of the molecule is CNNCc1ccc(C(N)=O)cc1Cl. The van der Waals surface area contributed by atoms with Gasteiger partial charge in [-0.1, -0.05) is 17.7 Å². The zero-order valence-corrected chi connectivity index (χ0v) is 8.56. The Balaban J connectivity index is 2.84. The quantitative estimate of drug-likeness (QED) is 0.644. The summed E-state index contributed by atoms with van der Waals surface area (Å²) >= 11 is 5.93. The minimum atomic E-state index is -0.472. The number of amides is 1. The fraction of sp³-hybridized carbons (Fsp3) is 0.222. The second kappa shape index (κ2) is 4.95.